The van der Waals surface area contributed by atoms with E-state index in [-0.39, 0.29) is 0 Å². The van der Waals surface area contributed by atoms with Crippen molar-refractivity contribution in [2.24, 2.45) is 0 Å². The highest BCUT2D eigenvalue weighted by Gasteiger charge is 2.25. The van der Waals surface area contributed by atoms with Crippen molar-refractivity contribution >= 4 is 11.8 Å². The molecule has 0 bridgehead atoms. The molecule has 1 rings (SSSR count). The van der Waals surface area contributed by atoms with Gasteiger partial charge in [-0.3, -0.25) is 0 Å². The highest BCUT2D eigenvalue weighted by molar-refractivity contribution is 8.00. The van der Waals surface area contributed by atoms with Crippen molar-refractivity contribution in [2.45, 2.75) is 50.3 Å². The zero-order valence-corrected chi connectivity index (χ0v) is 11.3. The highest BCUT2D eigenvalue weighted by Crippen LogP contribution is 2.29. The van der Waals surface area contributed by atoms with Gasteiger partial charge < -0.3 is 10.6 Å². The average molecular weight is 230 g/mol. The quantitative estimate of drug-likeness (QED) is 0.732. The highest BCUT2D eigenvalue weighted by atomic mass is 32.2. The van der Waals surface area contributed by atoms with Crippen LogP contribution in [0.2, 0.25) is 0 Å². The number of nitrogens with one attached hydrogen (secondary N) is 2. The smallest absolute Gasteiger partial charge is 0.0276 e. The van der Waals surface area contributed by atoms with Crippen molar-refractivity contribution in [2.75, 3.05) is 25.9 Å². The minimum absolute atomic E-state index is 0.456. The first-order valence-corrected chi connectivity index (χ1v) is 7.48. The van der Waals surface area contributed by atoms with Gasteiger partial charge in [0.25, 0.3) is 0 Å². The Kier molecular flexibility index (Phi) is 6.02. The van der Waals surface area contributed by atoms with Gasteiger partial charge in [0.05, 0.1) is 0 Å². The lowest BCUT2D eigenvalue weighted by molar-refractivity contribution is 0.365. The topological polar surface area (TPSA) is 24.1 Å². The fraction of sp³-hybridized carbons (Fsp3) is 1.00. The van der Waals surface area contributed by atoms with Gasteiger partial charge in [0.2, 0.25) is 0 Å². The van der Waals surface area contributed by atoms with Crippen LogP contribution in [0.1, 0.15) is 39.5 Å². The molecule has 1 aliphatic heterocycles. The van der Waals surface area contributed by atoms with Crippen LogP contribution in [0.5, 0.6) is 0 Å². The summed E-state index contributed by atoms with van der Waals surface area (Å²) in [5.74, 6) is 0. The number of thioether (sulfide) groups is 1. The van der Waals surface area contributed by atoms with Gasteiger partial charge in [-0.25, -0.2) is 0 Å². The molecule has 0 saturated carbocycles. The standard InChI is InChI=1S/C12H26N2S/c1-4-12(5-2,15-3)10-14-11-7-6-8-13-9-11/h11,13-14H,4-10H2,1-3H3. The first kappa shape index (κ1) is 13.3. The lowest BCUT2D eigenvalue weighted by Crippen LogP contribution is -2.48. The third-order valence-electron chi connectivity index (χ3n) is 3.73. The maximum absolute atomic E-state index is 3.73. The van der Waals surface area contributed by atoms with Crippen LogP contribution in [0.4, 0.5) is 0 Å². The number of rotatable bonds is 6. The summed E-state index contributed by atoms with van der Waals surface area (Å²) in [4.78, 5) is 0. The Balaban J connectivity index is 2.31. The van der Waals surface area contributed by atoms with Crippen LogP contribution in [0, 0.1) is 0 Å². The maximum atomic E-state index is 3.73. The molecule has 90 valence electrons. The predicted molar refractivity (Wildman–Crippen MR) is 70.7 cm³/mol. The van der Waals surface area contributed by atoms with Crippen molar-refractivity contribution in [3.63, 3.8) is 0 Å². The minimum atomic E-state index is 0.456. The van der Waals surface area contributed by atoms with E-state index in [9.17, 15) is 0 Å². The maximum Gasteiger partial charge on any atom is 0.0276 e. The van der Waals surface area contributed by atoms with E-state index in [2.05, 4.69) is 30.7 Å². The normalized spacial score (nSPS) is 23.0. The second-order valence-corrected chi connectivity index (χ2v) is 5.79. The van der Waals surface area contributed by atoms with Crippen LogP contribution in [-0.2, 0) is 0 Å². The van der Waals surface area contributed by atoms with Crippen LogP contribution in [-0.4, -0.2) is 36.7 Å². The predicted octanol–water partition coefficient (Wildman–Crippen LogP) is 2.25. The summed E-state index contributed by atoms with van der Waals surface area (Å²) >= 11 is 2.02. The van der Waals surface area contributed by atoms with E-state index in [4.69, 9.17) is 0 Å². The van der Waals surface area contributed by atoms with Crippen molar-refractivity contribution in [1.82, 2.24) is 10.6 Å². The molecule has 1 unspecified atom stereocenters. The third kappa shape index (κ3) is 3.97. The van der Waals surface area contributed by atoms with Gasteiger partial charge in [-0.05, 0) is 38.5 Å². The van der Waals surface area contributed by atoms with Gasteiger partial charge in [0.1, 0.15) is 0 Å². The molecule has 1 aliphatic rings. The SMILES string of the molecule is CCC(CC)(CNC1CCCNC1)SC. The summed E-state index contributed by atoms with van der Waals surface area (Å²) in [6, 6.07) is 0.698. The van der Waals surface area contributed by atoms with Gasteiger partial charge >= 0.3 is 0 Å². The molecular weight excluding hydrogens is 204 g/mol. The molecule has 1 saturated heterocycles. The van der Waals surface area contributed by atoms with Gasteiger partial charge in [-0.15, -0.1) is 0 Å². The second-order valence-electron chi connectivity index (χ2n) is 4.52. The van der Waals surface area contributed by atoms with Gasteiger partial charge in [-0.2, -0.15) is 11.8 Å². The molecule has 15 heavy (non-hydrogen) atoms. The molecule has 3 heteroatoms. The summed E-state index contributed by atoms with van der Waals surface area (Å²) in [5.41, 5.74) is 0. The zero-order chi connectivity index (χ0) is 11.1. The Morgan fingerprint density at radius 3 is 2.60 bits per heavy atom. The molecule has 2 N–H and O–H groups in total. The second kappa shape index (κ2) is 6.77. The molecule has 0 amide bonds. The molecule has 1 fully saturated rings. The van der Waals surface area contributed by atoms with E-state index < -0.39 is 0 Å². The van der Waals surface area contributed by atoms with Crippen LogP contribution >= 0.6 is 11.8 Å². The molecule has 1 heterocycles. The Bertz CT molecular complexity index is 155. The molecule has 0 radical (unpaired) electrons. The van der Waals surface area contributed by atoms with Crippen molar-refractivity contribution in [3.8, 4) is 0 Å². The van der Waals surface area contributed by atoms with Gasteiger partial charge in [-0.1, -0.05) is 13.8 Å². The van der Waals surface area contributed by atoms with E-state index in [0.717, 1.165) is 13.1 Å². The van der Waals surface area contributed by atoms with Crippen LogP contribution in [0.15, 0.2) is 0 Å². The zero-order valence-electron chi connectivity index (χ0n) is 10.4. The average Bonchev–Trinajstić information content (AvgIpc) is 2.33. The summed E-state index contributed by atoms with van der Waals surface area (Å²) in [7, 11) is 0. The summed E-state index contributed by atoms with van der Waals surface area (Å²) in [6.07, 6.45) is 7.43. The molecule has 0 aliphatic carbocycles. The van der Waals surface area contributed by atoms with Crippen LogP contribution < -0.4 is 10.6 Å². The van der Waals surface area contributed by atoms with Crippen molar-refractivity contribution in [1.29, 1.82) is 0 Å². The first-order valence-electron chi connectivity index (χ1n) is 6.25. The lowest BCUT2D eigenvalue weighted by atomic mass is 10.0. The van der Waals surface area contributed by atoms with E-state index in [0.29, 0.717) is 10.8 Å². The Morgan fingerprint density at radius 2 is 2.13 bits per heavy atom. The van der Waals surface area contributed by atoms with E-state index >= 15 is 0 Å². The largest absolute Gasteiger partial charge is 0.315 e. The third-order valence-corrected chi connectivity index (χ3v) is 5.32. The van der Waals surface area contributed by atoms with E-state index in [1.54, 1.807) is 0 Å². The number of piperidine rings is 1. The van der Waals surface area contributed by atoms with E-state index in [1.165, 1.54) is 32.2 Å². The Morgan fingerprint density at radius 1 is 1.40 bits per heavy atom. The molecule has 1 atom stereocenters. The molecule has 2 nitrogen and oxygen atoms in total. The molecule has 0 aromatic heterocycles. The summed E-state index contributed by atoms with van der Waals surface area (Å²) in [5, 5.41) is 7.19. The lowest BCUT2D eigenvalue weighted by Gasteiger charge is -2.33. The molecular formula is C12H26N2S. The first-order chi connectivity index (χ1) is 7.26. The van der Waals surface area contributed by atoms with Gasteiger partial charge in [0.15, 0.2) is 0 Å². The fourth-order valence-electron chi connectivity index (χ4n) is 2.22. The number of hydrogen-bond acceptors (Lipinski definition) is 3. The number of hydrogen-bond donors (Lipinski definition) is 2. The summed E-state index contributed by atoms with van der Waals surface area (Å²) < 4.78 is 0.456. The van der Waals surface area contributed by atoms with E-state index in [1.807, 2.05) is 11.8 Å². The van der Waals surface area contributed by atoms with Crippen LogP contribution in [0.25, 0.3) is 0 Å². The van der Waals surface area contributed by atoms with Crippen molar-refractivity contribution in [3.05, 3.63) is 0 Å². The molecule has 0 spiro atoms. The monoisotopic (exact) mass is 230 g/mol. The Hall–Kier alpha value is 0.270. The van der Waals surface area contributed by atoms with Gasteiger partial charge in [0, 0.05) is 23.9 Å². The Labute approximate surface area is 99.0 Å². The minimum Gasteiger partial charge on any atom is -0.315 e. The molecule has 0 aromatic carbocycles. The fourth-order valence-corrected chi connectivity index (χ4v) is 3.02. The van der Waals surface area contributed by atoms with Crippen LogP contribution in [0.3, 0.4) is 0 Å². The molecule has 0 aromatic rings. The summed E-state index contributed by atoms with van der Waals surface area (Å²) in [6.45, 7) is 8.13. The van der Waals surface area contributed by atoms with Crippen molar-refractivity contribution < 1.29 is 0 Å².